The van der Waals surface area contributed by atoms with Gasteiger partial charge in [-0.25, -0.2) is 19.9 Å². The van der Waals surface area contributed by atoms with E-state index < -0.39 is 0 Å². The van der Waals surface area contributed by atoms with Crippen molar-refractivity contribution in [2.75, 3.05) is 55.0 Å². The molecule has 4 aromatic rings. The van der Waals surface area contributed by atoms with Crippen LogP contribution in [0.3, 0.4) is 0 Å². The molecule has 2 aromatic heterocycles. The van der Waals surface area contributed by atoms with Gasteiger partial charge < -0.3 is 37.9 Å². The Hall–Kier alpha value is -3.26. The van der Waals surface area contributed by atoms with Crippen LogP contribution in [0.25, 0.3) is 33.4 Å². The van der Waals surface area contributed by atoms with Crippen molar-refractivity contribution in [3.8, 4) is 11.5 Å². The number of nitrogens with zero attached hydrogens (tertiary/aromatic N) is 4. The molecule has 0 saturated heterocycles. The van der Waals surface area contributed by atoms with Gasteiger partial charge in [0.25, 0.3) is 0 Å². The zero-order valence-electron chi connectivity index (χ0n) is 18.8. The smallest absolute Gasteiger partial charge is 0.199 e. The van der Waals surface area contributed by atoms with Gasteiger partial charge in [0.1, 0.15) is 13.6 Å². The lowest BCUT2D eigenvalue weighted by atomic mass is 10.2. The van der Waals surface area contributed by atoms with Crippen LogP contribution in [-0.4, -0.2) is 74.9 Å². The molecule has 0 aliphatic rings. The highest BCUT2D eigenvalue weighted by Crippen LogP contribution is 2.32. The van der Waals surface area contributed by atoms with Gasteiger partial charge in [-0.1, -0.05) is 12.1 Å². The van der Waals surface area contributed by atoms with E-state index in [4.69, 9.17) is 37.9 Å². The maximum Gasteiger partial charge on any atom is 0.199 e. The van der Waals surface area contributed by atoms with E-state index in [2.05, 4.69) is 19.9 Å². The molecule has 0 unspecified atom stereocenters. The fourth-order valence-electron chi connectivity index (χ4n) is 2.93. The van der Waals surface area contributed by atoms with Gasteiger partial charge in [0.05, 0.1) is 22.1 Å². The van der Waals surface area contributed by atoms with Crippen molar-refractivity contribution < 1.29 is 37.9 Å². The molecule has 0 N–H and O–H groups in total. The third-order valence-corrected chi connectivity index (χ3v) is 4.36. The molecule has 12 heteroatoms. The molecule has 34 heavy (non-hydrogen) atoms. The van der Waals surface area contributed by atoms with Gasteiger partial charge >= 0.3 is 0 Å². The minimum absolute atomic E-state index is 0.00463. The van der Waals surface area contributed by atoms with Crippen LogP contribution in [0, 0.1) is 0 Å². The van der Waals surface area contributed by atoms with E-state index in [-0.39, 0.29) is 40.8 Å². The molecular formula is C22H24N4O8. The summed E-state index contributed by atoms with van der Waals surface area (Å²) in [6.45, 7) is 0.0649. The molecule has 12 nitrogen and oxygen atoms in total. The summed E-state index contributed by atoms with van der Waals surface area (Å²) < 4.78 is 41.8. The van der Waals surface area contributed by atoms with E-state index in [9.17, 15) is 0 Å². The van der Waals surface area contributed by atoms with E-state index in [1.54, 1.807) is 12.1 Å². The molecule has 0 amide bonds. The Balaban J connectivity index is 1.56. The first-order valence-corrected chi connectivity index (χ1v) is 10.2. The van der Waals surface area contributed by atoms with Crippen LogP contribution in [0.1, 0.15) is 0 Å². The van der Waals surface area contributed by atoms with Crippen LogP contribution in [0.5, 0.6) is 11.5 Å². The molecule has 0 bridgehead atoms. The number of aromatic nitrogens is 4. The molecule has 4 rings (SSSR count). The van der Waals surface area contributed by atoms with E-state index in [1.165, 1.54) is 14.2 Å². The van der Waals surface area contributed by atoms with Gasteiger partial charge in [0, 0.05) is 26.4 Å². The number of para-hydroxylation sites is 2. The first kappa shape index (κ1) is 23.9. The van der Waals surface area contributed by atoms with Gasteiger partial charge in [0.15, 0.2) is 50.0 Å². The van der Waals surface area contributed by atoms with Crippen LogP contribution in [0.4, 0.5) is 0 Å². The van der Waals surface area contributed by atoms with Gasteiger partial charge in [-0.05, 0) is 12.1 Å². The van der Waals surface area contributed by atoms with Crippen molar-refractivity contribution in [3.63, 3.8) is 0 Å². The molecule has 0 fully saturated rings. The largest absolute Gasteiger partial charge is 0.463 e. The topological polar surface area (TPSA) is 125 Å². The Bertz CT molecular complexity index is 1130. The molecule has 2 aromatic carbocycles. The summed E-state index contributed by atoms with van der Waals surface area (Å²) in [7, 11) is 3.05. The van der Waals surface area contributed by atoms with Gasteiger partial charge in [-0.2, -0.15) is 0 Å². The first-order valence-electron chi connectivity index (χ1n) is 10.2. The number of methoxy groups -OCH3 is 2. The molecule has 2 heterocycles. The summed E-state index contributed by atoms with van der Waals surface area (Å²) in [5.41, 5.74) is 3.43. The van der Waals surface area contributed by atoms with Gasteiger partial charge in [-0.15, -0.1) is 0 Å². The van der Waals surface area contributed by atoms with Crippen LogP contribution in [0.2, 0.25) is 0 Å². The molecule has 0 aliphatic carbocycles. The van der Waals surface area contributed by atoms with Crippen molar-refractivity contribution in [1.29, 1.82) is 0 Å². The van der Waals surface area contributed by atoms with Crippen LogP contribution in [0.15, 0.2) is 36.4 Å². The number of fused-ring (bicyclic) bond motifs is 3. The Morgan fingerprint density at radius 1 is 0.529 bits per heavy atom. The second kappa shape index (κ2) is 12.3. The minimum atomic E-state index is -0.0885. The van der Waals surface area contributed by atoms with Crippen LogP contribution < -0.4 is 9.47 Å². The average Bonchev–Trinajstić information content (AvgIpc) is 2.85. The normalized spacial score (nSPS) is 11.5. The summed E-state index contributed by atoms with van der Waals surface area (Å²) in [6.07, 6.45) is 0. The second-order valence-electron chi connectivity index (χ2n) is 6.76. The zero-order chi connectivity index (χ0) is 23.6. The molecule has 0 saturated carbocycles. The zero-order valence-corrected chi connectivity index (χ0v) is 18.8. The third kappa shape index (κ3) is 6.20. The number of ether oxygens (including phenoxy) is 8. The predicted octanol–water partition coefficient (Wildman–Crippen LogP) is 2.59. The Morgan fingerprint density at radius 2 is 0.941 bits per heavy atom. The van der Waals surface area contributed by atoms with Crippen LogP contribution in [-0.2, 0) is 28.4 Å². The number of hydrogen-bond donors (Lipinski definition) is 0. The van der Waals surface area contributed by atoms with E-state index in [0.29, 0.717) is 33.8 Å². The molecule has 0 atom stereocenters. The van der Waals surface area contributed by atoms with E-state index in [1.807, 2.05) is 24.3 Å². The first-order chi connectivity index (χ1) is 16.8. The summed E-state index contributed by atoms with van der Waals surface area (Å²) in [5.74, 6) is 0.756. The molecular weight excluding hydrogens is 448 g/mol. The summed E-state index contributed by atoms with van der Waals surface area (Å²) in [6, 6.07) is 10.9. The Labute approximate surface area is 194 Å². The fourth-order valence-corrected chi connectivity index (χ4v) is 2.93. The number of benzene rings is 2. The molecule has 0 radical (unpaired) electrons. The fraction of sp³-hybridized carbons (Fsp3) is 0.364. The summed E-state index contributed by atoms with van der Waals surface area (Å²) in [5, 5.41) is 0. The second-order valence-corrected chi connectivity index (χ2v) is 6.76. The van der Waals surface area contributed by atoms with Gasteiger partial charge in [-0.3, -0.25) is 0 Å². The SMILES string of the molecule is COCOCOCOc1cc2nc3nc4ccccc4nc3nc2cc1OCOCOCOC. The van der Waals surface area contributed by atoms with Crippen molar-refractivity contribution in [2.45, 2.75) is 0 Å². The highest BCUT2D eigenvalue weighted by Gasteiger charge is 2.13. The number of hydrogen-bond acceptors (Lipinski definition) is 12. The van der Waals surface area contributed by atoms with E-state index >= 15 is 0 Å². The van der Waals surface area contributed by atoms with Crippen molar-refractivity contribution >= 4 is 33.4 Å². The van der Waals surface area contributed by atoms with Crippen molar-refractivity contribution in [1.82, 2.24) is 19.9 Å². The highest BCUT2D eigenvalue weighted by molar-refractivity contribution is 5.89. The van der Waals surface area contributed by atoms with Crippen molar-refractivity contribution in [2.24, 2.45) is 0 Å². The Morgan fingerprint density at radius 3 is 1.38 bits per heavy atom. The minimum Gasteiger partial charge on any atom is -0.463 e. The third-order valence-electron chi connectivity index (χ3n) is 4.36. The standard InChI is InChI=1S/C22H24N4O8/c1-27-9-29-11-31-13-33-19-7-17-18(8-20(19)34-14-32-12-30-10-28-2)26-22-21(25-17)23-15-5-3-4-6-16(15)24-22/h3-8H,9-14H2,1-2H3. The quantitative estimate of drug-likeness (QED) is 0.152. The maximum absolute atomic E-state index is 5.72. The lowest BCUT2D eigenvalue weighted by Crippen LogP contribution is -2.11. The van der Waals surface area contributed by atoms with E-state index in [0.717, 1.165) is 11.0 Å². The lowest BCUT2D eigenvalue weighted by Gasteiger charge is -2.14. The van der Waals surface area contributed by atoms with Gasteiger partial charge in [0.2, 0.25) is 0 Å². The predicted molar refractivity (Wildman–Crippen MR) is 119 cm³/mol. The number of rotatable bonds is 14. The highest BCUT2D eigenvalue weighted by atomic mass is 16.8. The van der Waals surface area contributed by atoms with Crippen LogP contribution >= 0.6 is 0 Å². The van der Waals surface area contributed by atoms with Crippen molar-refractivity contribution in [3.05, 3.63) is 36.4 Å². The summed E-state index contributed by atoms with van der Waals surface area (Å²) >= 11 is 0. The maximum atomic E-state index is 5.72. The lowest BCUT2D eigenvalue weighted by molar-refractivity contribution is -0.148. The molecule has 0 spiro atoms. The summed E-state index contributed by atoms with van der Waals surface area (Å²) in [4.78, 5) is 18.3. The molecule has 0 aliphatic heterocycles. The Kier molecular flexibility index (Phi) is 8.62. The monoisotopic (exact) mass is 472 g/mol. The molecule has 180 valence electrons. The average molecular weight is 472 g/mol.